The van der Waals surface area contributed by atoms with Crippen LogP contribution < -0.4 is 10.6 Å². The number of carbonyl (C=O) groups is 3. The fourth-order valence-corrected chi connectivity index (χ4v) is 5.22. The van der Waals surface area contributed by atoms with Crippen molar-refractivity contribution in [2.45, 2.75) is 19.8 Å². The normalized spacial score (nSPS) is 18.8. The maximum absolute atomic E-state index is 14.8. The number of nitrogens with zero attached hydrogens (tertiary/aromatic N) is 2. The van der Waals surface area contributed by atoms with Crippen molar-refractivity contribution >= 4 is 40.7 Å². The van der Waals surface area contributed by atoms with Gasteiger partial charge < -0.3 is 30.0 Å². The molecule has 11 heteroatoms. The highest BCUT2D eigenvalue weighted by atomic mass is 19.1. The molecule has 0 spiro atoms. The number of nitrogens with one attached hydrogen (secondary N) is 3. The van der Waals surface area contributed by atoms with Crippen molar-refractivity contribution in [1.82, 2.24) is 14.8 Å². The third-order valence-electron chi connectivity index (χ3n) is 7.24. The van der Waals surface area contributed by atoms with Crippen molar-refractivity contribution in [3.05, 3.63) is 46.0 Å². The van der Waals surface area contributed by atoms with Crippen LogP contribution in [0.3, 0.4) is 0 Å². The third kappa shape index (κ3) is 5.22. The lowest BCUT2D eigenvalue weighted by Crippen LogP contribution is -2.43. The zero-order chi connectivity index (χ0) is 26.8. The van der Waals surface area contributed by atoms with Crippen LogP contribution in [0, 0.1) is 12.7 Å². The Morgan fingerprint density at radius 2 is 2.00 bits per heavy atom. The topological polar surface area (TPSA) is 116 Å². The Hall–Kier alpha value is -3.54. The number of rotatable bonds is 7. The van der Waals surface area contributed by atoms with E-state index in [1.165, 1.54) is 19.2 Å². The molecule has 10 nitrogen and oxygen atoms in total. The summed E-state index contributed by atoms with van der Waals surface area (Å²) in [6, 6.07) is 2.62. The molecule has 3 N–H and O–H groups in total. The lowest BCUT2D eigenvalue weighted by molar-refractivity contribution is -0.119. The van der Waals surface area contributed by atoms with Crippen LogP contribution in [-0.4, -0.2) is 92.2 Å². The first-order valence-electron chi connectivity index (χ1n) is 12.8. The first-order valence-corrected chi connectivity index (χ1v) is 12.8. The number of H-pyrrole nitrogens is 1. The molecule has 0 atom stereocenters. The van der Waals surface area contributed by atoms with Crippen LogP contribution >= 0.6 is 0 Å². The highest BCUT2D eigenvalue weighted by Gasteiger charge is 2.30. The smallest absolute Gasteiger partial charge is 0.256 e. The summed E-state index contributed by atoms with van der Waals surface area (Å²) in [5, 5.41) is 5.18. The molecule has 3 amide bonds. The van der Waals surface area contributed by atoms with Gasteiger partial charge in [0.1, 0.15) is 12.4 Å². The van der Waals surface area contributed by atoms with Crippen LogP contribution in [-0.2, 0) is 25.5 Å². The van der Waals surface area contributed by atoms with Gasteiger partial charge in [0.05, 0.1) is 35.7 Å². The molecule has 0 unspecified atom stereocenters. The van der Waals surface area contributed by atoms with Crippen LogP contribution in [0.4, 0.5) is 15.8 Å². The molecule has 202 valence electrons. The summed E-state index contributed by atoms with van der Waals surface area (Å²) in [5.41, 5.74) is 3.94. The maximum atomic E-state index is 14.8. The van der Waals surface area contributed by atoms with E-state index in [0.29, 0.717) is 35.6 Å². The van der Waals surface area contributed by atoms with E-state index in [1.807, 2.05) is 11.8 Å². The third-order valence-corrected chi connectivity index (χ3v) is 7.24. The minimum absolute atomic E-state index is 0.0112. The number of ether oxygens (including phenoxy) is 2. The van der Waals surface area contributed by atoms with Crippen LogP contribution in [0.15, 0.2) is 12.1 Å². The summed E-state index contributed by atoms with van der Waals surface area (Å²) < 4.78 is 25.0. The van der Waals surface area contributed by atoms with E-state index >= 15 is 0 Å². The molecule has 4 heterocycles. The summed E-state index contributed by atoms with van der Waals surface area (Å²) in [5.74, 6) is -1.57. The summed E-state index contributed by atoms with van der Waals surface area (Å²) >= 11 is 0. The SMILES string of the molecule is COCC(=O)Nc1cc2c(cc1F)C(=Cc1[nH]c3c(c1C)C(=O)N(CCN1CCOCC1)CCC3)C(=O)N2. The van der Waals surface area contributed by atoms with Crippen molar-refractivity contribution in [2.75, 3.05) is 70.3 Å². The number of methoxy groups -OCH3 is 1. The molecule has 1 aromatic heterocycles. The molecule has 1 aromatic carbocycles. The standard InChI is InChI=1S/C27H32FN5O5/c1-16-21(13-18-17-12-19(28)23(30-24(34)15-37-2)14-22(17)31-26(18)35)29-20-4-3-5-33(27(36)25(16)20)7-6-32-8-10-38-11-9-32/h12-14,29H,3-11,15H2,1-2H3,(H,30,34)(H,31,35). The second-order valence-corrected chi connectivity index (χ2v) is 9.74. The van der Waals surface area contributed by atoms with Gasteiger partial charge in [-0.3, -0.25) is 19.3 Å². The number of hydrogen-bond acceptors (Lipinski definition) is 6. The highest BCUT2D eigenvalue weighted by Crippen LogP contribution is 2.37. The Morgan fingerprint density at radius 3 is 2.76 bits per heavy atom. The van der Waals surface area contributed by atoms with Gasteiger partial charge in [0.15, 0.2) is 0 Å². The molecule has 1 saturated heterocycles. The minimum Gasteiger partial charge on any atom is -0.379 e. The van der Waals surface area contributed by atoms with Gasteiger partial charge in [-0.1, -0.05) is 0 Å². The van der Waals surface area contributed by atoms with Gasteiger partial charge >= 0.3 is 0 Å². The van der Waals surface area contributed by atoms with Crippen LogP contribution in [0.5, 0.6) is 0 Å². The predicted molar refractivity (Wildman–Crippen MR) is 140 cm³/mol. The number of aromatic amines is 1. The number of benzene rings is 1. The highest BCUT2D eigenvalue weighted by molar-refractivity contribution is 6.35. The minimum atomic E-state index is -0.666. The number of fused-ring (bicyclic) bond motifs is 2. The number of aromatic nitrogens is 1. The molecule has 3 aliphatic rings. The van der Waals surface area contributed by atoms with E-state index in [9.17, 15) is 18.8 Å². The fraction of sp³-hybridized carbons (Fsp3) is 0.444. The van der Waals surface area contributed by atoms with E-state index in [4.69, 9.17) is 9.47 Å². The molecule has 3 aliphatic heterocycles. The van der Waals surface area contributed by atoms with E-state index in [2.05, 4.69) is 20.5 Å². The molecule has 38 heavy (non-hydrogen) atoms. The van der Waals surface area contributed by atoms with Crippen LogP contribution in [0.25, 0.3) is 11.6 Å². The molecule has 0 aliphatic carbocycles. The first kappa shape index (κ1) is 26.1. The quantitative estimate of drug-likeness (QED) is 0.478. The number of anilines is 2. The summed E-state index contributed by atoms with van der Waals surface area (Å²) in [4.78, 5) is 45.7. The monoisotopic (exact) mass is 525 g/mol. The number of morpholine rings is 1. The maximum Gasteiger partial charge on any atom is 0.256 e. The largest absolute Gasteiger partial charge is 0.379 e. The van der Waals surface area contributed by atoms with Gasteiger partial charge in [0, 0.05) is 56.8 Å². The van der Waals surface area contributed by atoms with Gasteiger partial charge in [0.2, 0.25) is 5.91 Å². The van der Waals surface area contributed by atoms with Crippen molar-refractivity contribution in [1.29, 1.82) is 0 Å². The Morgan fingerprint density at radius 1 is 1.21 bits per heavy atom. The average molecular weight is 526 g/mol. The molecule has 5 rings (SSSR count). The van der Waals surface area contributed by atoms with Crippen molar-refractivity contribution in [2.24, 2.45) is 0 Å². The Balaban J connectivity index is 1.39. The number of hydrogen-bond donors (Lipinski definition) is 3. The Labute approximate surface area is 220 Å². The molecular formula is C27H32FN5O5. The summed E-state index contributed by atoms with van der Waals surface area (Å²) in [7, 11) is 1.37. The molecule has 1 fully saturated rings. The molecule has 0 saturated carbocycles. The fourth-order valence-electron chi connectivity index (χ4n) is 5.22. The van der Waals surface area contributed by atoms with Gasteiger partial charge in [-0.2, -0.15) is 0 Å². The van der Waals surface area contributed by atoms with Gasteiger partial charge in [0.25, 0.3) is 11.8 Å². The predicted octanol–water partition coefficient (Wildman–Crippen LogP) is 2.26. The van der Waals surface area contributed by atoms with Crippen LogP contribution in [0.1, 0.15) is 39.3 Å². The lowest BCUT2D eigenvalue weighted by Gasteiger charge is -2.29. The van der Waals surface area contributed by atoms with Crippen molar-refractivity contribution in [3.63, 3.8) is 0 Å². The molecular weight excluding hydrogens is 493 g/mol. The average Bonchev–Trinajstić information content (AvgIpc) is 3.30. The van der Waals surface area contributed by atoms with Crippen molar-refractivity contribution in [3.8, 4) is 0 Å². The zero-order valence-electron chi connectivity index (χ0n) is 21.6. The molecule has 0 bridgehead atoms. The van der Waals surface area contributed by atoms with Crippen molar-refractivity contribution < 1.29 is 28.2 Å². The second-order valence-electron chi connectivity index (χ2n) is 9.74. The molecule has 0 radical (unpaired) electrons. The first-order chi connectivity index (χ1) is 18.4. The van der Waals surface area contributed by atoms with Gasteiger partial charge in [-0.05, 0) is 43.5 Å². The second kappa shape index (κ2) is 11.1. The lowest BCUT2D eigenvalue weighted by atomic mass is 10.0. The Bertz CT molecular complexity index is 1300. The Kier molecular flexibility index (Phi) is 7.59. The van der Waals surface area contributed by atoms with E-state index in [1.54, 1.807) is 6.08 Å². The van der Waals surface area contributed by atoms with E-state index in [0.717, 1.165) is 56.9 Å². The number of halogens is 1. The number of amides is 3. The zero-order valence-corrected chi connectivity index (χ0v) is 21.6. The number of carbonyl (C=O) groups excluding carboxylic acids is 3. The van der Waals surface area contributed by atoms with Crippen LogP contribution in [0.2, 0.25) is 0 Å². The van der Waals surface area contributed by atoms with Gasteiger partial charge in [-0.25, -0.2) is 4.39 Å². The van der Waals surface area contributed by atoms with Gasteiger partial charge in [-0.15, -0.1) is 0 Å². The van der Waals surface area contributed by atoms with E-state index < -0.39 is 11.7 Å². The summed E-state index contributed by atoms with van der Waals surface area (Å²) in [6.45, 7) is 6.99. The van der Waals surface area contributed by atoms with E-state index in [-0.39, 0.29) is 29.7 Å². The summed E-state index contributed by atoms with van der Waals surface area (Å²) in [6.07, 6.45) is 3.23. The number of aryl methyl sites for hydroxylation is 1. The molecule has 2 aromatic rings.